The summed E-state index contributed by atoms with van der Waals surface area (Å²) < 4.78 is 5.79. The fourth-order valence-electron chi connectivity index (χ4n) is 1.90. The maximum Gasteiger partial charge on any atom is 0.201 e. The number of aryl methyl sites for hydroxylation is 1. The van der Waals surface area contributed by atoms with Gasteiger partial charge in [-0.15, -0.1) is 0 Å². The Hall–Kier alpha value is -0.863. The zero-order chi connectivity index (χ0) is 10.5. The molecule has 0 spiro atoms. The quantitative estimate of drug-likeness (QED) is 0.693. The highest BCUT2D eigenvalue weighted by Gasteiger charge is 2.12. The van der Waals surface area contributed by atoms with Gasteiger partial charge in [0.2, 0.25) is 9.04 Å². The molecular formula is C13H18OSi. The SMILES string of the molecule is Cc1ccccc1/C=C/[SiH]1CCCCO1. The number of benzene rings is 1. The lowest BCUT2D eigenvalue weighted by molar-refractivity contribution is 0.294. The summed E-state index contributed by atoms with van der Waals surface area (Å²) in [5.41, 5.74) is 5.01. The minimum atomic E-state index is -0.997. The fourth-order valence-corrected chi connectivity index (χ4v) is 3.95. The zero-order valence-electron chi connectivity index (χ0n) is 9.28. The summed E-state index contributed by atoms with van der Waals surface area (Å²) in [5.74, 6) is 0. The standard InChI is InChI=1S/C13H18OSi/c1-12-6-2-3-7-13(12)8-11-15-10-5-4-9-14-15/h2-3,6-8,11,15H,4-5,9-10H2,1H3/b11-8+. The largest absolute Gasteiger partial charge is 0.416 e. The van der Waals surface area contributed by atoms with Crippen molar-refractivity contribution >= 4 is 15.1 Å². The van der Waals surface area contributed by atoms with Crippen LogP contribution in [0.4, 0.5) is 0 Å². The Morgan fingerprint density at radius 2 is 2.13 bits per heavy atom. The molecule has 0 radical (unpaired) electrons. The molecule has 1 heterocycles. The molecule has 1 unspecified atom stereocenters. The van der Waals surface area contributed by atoms with Crippen LogP contribution in [-0.2, 0) is 4.43 Å². The van der Waals surface area contributed by atoms with E-state index < -0.39 is 9.04 Å². The minimum absolute atomic E-state index is 0.981. The summed E-state index contributed by atoms with van der Waals surface area (Å²) in [6, 6.07) is 9.81. The lowest BCUT2D eigenvalue weighted by Gasteiger charge is -2.17. The van der Waals surface area contributed by atoms with Crippen molar-refractivity contribution in [2.45, 2.75) is 25.8 Å². The maximum absolute atomic E-state index is 5.79. The van der Waals surface area contributed by atoms with E-state index in [0.29, 0.717) is 0 Å². The first-order valence-electron chi connectivity index (χ1n) is 5.72. The smallest absolute Gasteiger partial charge is 0.201 e. The monoisotopic (exact) mass is 218 g/mol. The molecule has 1 nitrogen and oxygen atoms in total. The highest BCUT2D eigenvalue weighted by molar-refractivity contribution is 6.58. The molecule has 2 heteroatoms. The van der Waals surface area contributed by atoms with Crippen LogP contribution >= 0.6 is 0 Å². The topological polar surface area (TPSA) is 9.23 Å². The molecule has 1 aliphatic rings. The molecule has 0 N–H and O–H groups in total. The van der Waals surface area contributed by atoms with Crippen LogP contribution in [0.25, 0.3) is 6.08 Å². The molecule has 2 rings (SSSR count). The molecule has 15 heavy (non-hydrogen) atoms. The molecule has 80 valence electrons. The van der Waals surface area contributed by atoms with Gasteiger partial charge in [0.25, 0.3) is 0 Å². The molecule has 0 aromatic heterocycles. The second kappa shape index (κ2) is 5.28. The van der Waals surface area contributed by atoms with Gasteiger partial charge in [-0.05, 0) is 30.5 Å². The summed E-state index contributed by atoms with van der Waals surface area (Å²) in [4.78, 5) is 0. The van der Waals surface area contributed by atoms with Gasteiger partial charge < -0.3 is 4.43 Å². The Morgan fingerprint density at radius 3 is 2.87 bits per heavy atom. The molecule has 1 atom stereocenters. The average molecular weight is 218 g/mol. The summed E-state index contributed by atoms with van der Waals surface area (Å²) in [6.07, 6.45) is 4.86. The van der Waals surface area contributed by atoms with Crippen LogP contribution in [0.2, 0.25) is 6.04 Å². The Kier molecular flexibility index (Phi) is 3.75. The van der Waals surface area contributed by atoms with Gasteiger partial charge in [-0.1, -0.05) is 42.5 Å². The van der Waals surface area contributed by atoms with E-state index >= 15 is 0 Å². The Bertz CT molecular complexity index is 340. The third kappa shape index (κ3) is 3.04. The van der Waals surface area contributed by atoms with E-state index in [1.807, 2.05) is 0 Å². The average Bonchev–Trinajstić information content (AvgIpc) is 2.29. The van der Waals surface area contributed by atoms with Crippen molar-refractivity contribution in [2.24, 2.45) is 0 Å². The van der Waals surface area contributed by atoms with E-state index in [-0.39, 0.29) is 0 Å². The summed E-state index contributed by atoms with van der Waals surface area (Å²) >= 11 is 0. The van der Waals surface area contributed by atoms with Gasteiger partial charge in [-0.2, -0.15) is 0 Å². The van der Waals surface area contributed by atoms with Crippen molar-refractivity contribution in [1.29, 1.82) is 0 Å². The van der Waals surface area contributed by atoms with Gasteiger partial charge in [0.15, 0.2) is 0 Å². The number of rotatable bonds is 2. The Labute approximate surface area is 93.5 Å². The van der Waals surface area contributed by atoms with Gasteiger partial charge >= 0.3 is 0 Å². The highest BCUT2D eigenvalue weighted by atomic mass is 28.3. The second-order valence-electron chi connectivity index (χ2n) is 4.12. The van der Waals surface area contributed by atoms with Crippen LogP contribution in [0.3, 0.4) is 0 Å². The van der Waals surface area contributed by atoms with E-state index in [2.05, 4.69) is 43.0 Å². The normalized spacial score (nSPS) is 22.1. The van der Waals surface area contributed by atoms with Crippen molar-refractivity contribution < 1.29 is 4.43 Å². The first-order chi connectivity index (χ1) is 7.36. The molecule has 1 fully saturated rings. The van der Waals surface area contributed by atoms with Gasteiger partial charge in [-0.3, -0.25) is 0 Å². The molecule has 1 aromatic carbocycles. The fraction of sp³-hybridized carbons (Fsp3) is 0.385. The number of hydrogen-bond donors (Lipinski definition) is 0. The van der Waals surface area contributed by atoms with Crippen LogP contribution in [0.5, 0.6) is 0 Å². The van der Waals surface area contributed by atoms with E-state index in [9.17, 15) is 0 Å². The molecule has 0 amide bonds. The van der Waals surface area contributed by atoms with Gasteiger partial charge in [0.05, 0.1) is 0 Å². The molecule has 0 bridgehead atoms. The van der Waals surface area contributed by atoms with Crippen molar-refractivity contribution in [3.63, 3.8) is 0 Å². The molecular weight excluding hydrogens is 200 g/mol. The molecule has 0 saturated carbocycles. The summed E-state index contributed by atoms with van der Waals surface area (Å²) in [7, 11) is -0.997. The van der Waals surface area contributed by atoms with Crippen molar-refractivity contribution in [3.8, 4) is 0 Å². The first kappa shape index (κ1) is 10.6. The van der Waals surface area contributed by atoms with E-state index in [1.54, 1.807) is 0 Å². The second-order valence-corrected chi connectivity index (χ2v) is 6.49. The molecule has 1 saturated heterocycles. The third-order valence-electron chi connectivity index (χ3n) is 2.89. The van der Waals surface area contributed by atoms with Gasteiger partial charge in [-0.25, -0.2) is 0 Å². The van der Waals surface area contributed by atoms with Crippen LogP contribution in [0.15, 0.2) is 30.0 Å². The molecule has 1 aromatic rings. The number of hydrogen-bond acceptors (Lipinski definition) is 1. The zero-order valence-corrected chi connectivity index (χ0v) is 10.4. The first-order valence-corrected chi connectivity index (χ1v) is 7.67. The minimum Gasteiger partial charge on any atom is -0.416 e. The van der Waals surface area contributed by atoms with Crippen molar-refractivity contribution in [3.05, 3.63) is 41.1 Å². The van der Waals surface area contributed by atoms with Gasteiger partial charge in [0, 0.05) is 6.61 Å². The summed E-state index contributed by atoms with van der Waals surface area (Å²) in [5, 5.41) is 0. The van der Waals surface area contributed by atoms with Crippen LogP contribution in [0.1, 0.15) is 24.0 Å². The van der Waals surface area contributed by atoms with Crippen LogP contribution in [-0.4, -0.2) is 15.6 Å². The Morgan fingerprint density at radius 1 is 1.27 bits per heavy atom. The predicted molar refractivity (Wildman–Crippen MR) is 67.4 cm³/mol. The van der Waals surface area contributed by atoms with Crippen LogP contribution < -0.4 is 0 Å². The highest BCUT2D eigenvalue weighted by Crippen LogP contribution is 2.14. The molecule has 1 aliphatic heterocycles. The third-order valence-corrected chi connectivity index (χ3v) is 5.16. The Balaban J connectivity index is 2.01. The van der Waals surface area contributed by atoms with E-state index in [4.69, 9.17) is 4.43 Å². The van der Waals surface area contributed by atoms with Crippen molar-refractivity contribution in [1.82, 2.24) is 0 Å². The lowest BCUT2D eigenvalue weighted by Crippen LogP contribution is -2.20. The molecule has 0 aliphatic carbocycles. The maximum atomic E-state index is 5.79. The van der Waals surface area contributed by atoms with E-state index in [0.717, 1.165) is 6.61 Å². The van der Waals surface area contributed by atoms with Gasteiger partial charge in [0.1, 0.15) is 0 Å². The predicted octanol–water partition coefficient (Wildman–Crippen LogP) is 3.08. The summed E-state index contributed by atoms with van der Waals surface area (Å²) in [6.45, 7) is 3.14. The lowest BCUT2D eigenvalue weighted by atomic mass is 10.1. The van der Waals surface area contributed by atoms with E-state index in [1.165, 1.54) is 30.0 Å². The van der Waals surface area contributed by atoms with Crippen LogP contribution in [0, 0.1) is 6.92 Å². The van der Waals surface area contributed by atoms with Crippen molar-refractivity contribution in [2.75, 3.05) is 6.61 Å².